The van der Waals surface area contributed by atoms with Crippen molar-refractivity contribution in [3.63, 3.8) is 0 Å². The van der Waals surface area contributed by atoms with Crippen molar-refractivity contribution in [1.82, 2.24) is 4.98 Å². The number of rotatable bonds is 5. The van der Waals surface area contributed by atoms with Crippen molar-refractivity contribution in [2.45, 2.75) is 25.9 Å². The normalized spacial score (nSPS) is 12.5. The molecule has 0 amide bonds. The minimum atomic E-state index is -0.744. The molecule has 0 bridgehead atoms. The minimum absolute atomic E-state index is 0.187. The first-order valence-electron chi connectivity index (χ1n) is 4.58. The van der Waals surface area contributed by atoms with Crippen molar-refractivity contribution >= 4 is 28.9 Å². The van der Waals surface area contributed by atoms with E-state index in [4.69, 9.17) is 16.3 Å². The number of carbonyl (C=O) groups is 1. The maximum absolute atomic E-state index is 11.0. The number of esters is 1. The van der Waals surface area contributed by atoms with Crippen LogP contribution in [0.3, 0.4) is 0 Å². The third-order valence-corrected chi connectivity index (χ3v) is 2.92. The number of aromatic nitrogens is 1. The predicted molar refractivity (Wildman–Crippen MR) is 58.0 cm³/mol. The van der Waals surface area contributed by atoms with E-state index in [1.807, 2.05) is 0 Å². The zero-order chi connectivity index (χ0) is 11.3. The fraction of sp³-hybridized carbons (Fsp3) is 0.556. The second kappa shape index (κ2) is 6.05. The average molecular weight is 250 g/mol. The smallest absolute Gasteiger partial charge is 0.305 e. The number of aliphatic hydroxyl groups is 1. The van der Waals surface area contributed by atoms with Crippen molar-refractivity contribution in [3.05, 3.63) is 15.5 Å². The van der Waals surface area contributed by atoms with Crippen molar-refractivity contribution < 1.29 is 14.6 Å². The summed E-state index contributed by atoms with van der Waals surface area (Å²) in [5.41, 5.74) is 0. The summed E-state index contributed by atoms with van der Waals surface area (Å²) in [4.78, 5) is 14.9. The topological polar surface area (TPSA) is 59.4 Å². The van der Waals surface area contributed by atoms with Gasteiger partial charge in [-0.1, -0.05) is 11.6 Å². The number of nitrogens with zero attached hydrogens (tertiary/aromatic N) is 1. The molecule has 0 fully saturated rings. The number of hydrogen-bond donors (Lipinski definition) is 1. The number of ether oxygens (including phenoxy) is 1. The summed E-state index contributed by atoms with van der Waals surface area (Å²) in [5.74, 6) is -0.306. The molecular weight excluding hydrogens is 238 g/mol. The van der Waals surface area contributed by atoms with Crippen LogP contribution < -0.4 is 0 Å². The second-order valence-corrected chi connectivity index (χ2v) is 4.56. The van der Waals surface area contributed by atoms with Crippen molar-refractivity contribution in [1.29, 1.82) is 0 Å². The number of thiazole rings is 1. The lowest BCUT2D eigenvalue weighted by atomic mass is 10.2. The number of carbonyl (C=O) groups excluding carboxylic acids is 1. The van der Waals surface area contributed by atoms with Gasteiger partial charge in [0.2, 0.25) is 0 Å². The van der Waals surface area contributed by atoms with Crippen LogP contribution in [0.5, 0.6) is 0 Å². The molecule has 1 unspecified atom stereocenters. The third-order valence-electron chi connectivity index (χ3n) is 1.71. The summed E-state index contributed by atoms with van der Waals surface area (Å²) in [7, 11) is 0. The molecule has 0 saturated carbocycles. The molecule has 0 spiro atoms. The van der Waals surface area contributed by atoms with Crippen molar-refractivity contribution in [2.75, 3.05) is 6.61 Å². The van der Waals surface area contributed by atoms with Crippen LogP contribution in [0.2, 0.25) is 4.34 Å². The van der Waals surface area contributed by atoms with E-state index in [1.54, 1.807) is 6.92 Å². The van der Waals surface area contributed by atoms with Gasteiger partial charge in [0.1, 0.15) is 15.4 Å². The van der Waals surface area contributed by atoms with Crippen LogP contribution >= 0.6 is 22.9 Å². The first-order valence-corrected chi connectivity index (χ1v) is 5.77. The Hall–Kier alpha value is -0.650. The maximum Gasteiger partial charge on any atom is 0.305 e. The van der Waals surface area contributed by atoms with Crippen molar-refractivity contribution in [2.24, 2.45) is 0 Å². The molecule has 0 aliphatic carbocycles. The Kier molecular flexibility index (Phi) is 5.01. The van der Waals surface area contributed by atoms with E-state index in [2.05, 4.69) is 4.98 Å². The summed E-state index contributed by atoms with van der Waals surface area (Å²) < 4.78 is 5.27. The molecule has 1 atom stereocenters. The summed E-state index contributed by atoms with van der Waals surface area (Å²) in [6.45, 7) is 2.10. The Morgan fingerprint density at radius 2 is 2.53 bits per heavy atom. The van der Waals surface area contributed by atoms with Crippen LogP contribution in [-0.2, 0) is 9.53 Å². The maximum atomic E-state index is 11.0. The van der Waals surface area contributed by atoms with Gasteiger partial charge in [0, 0.05) is 6.42 Å². The first-order chi connectivity index (χ1) is 7.13. The average Bonchev–Trinajstić information content (AvgIpc) is 2.62. The molecule has 1 heterocycles. The zero-order valence-corrected chi connectivity index (χ0v) is 9.85. The van der Waals surface area contributed by atoms with Crippen molar-refractivity contribution in [3.8, 4) is 0 Å². The van der Waals surface area contributed by atoms with Crippen LogP contribution in [0.4, 0.5) is 0 Å². The van der Waals surface area contributed by atoms with Crippen LogP contribution in [0.15, 0.2) is 6.20 Å². The summed E-state index contributed by atoms with van der Waals surface area (Å²) in [6, 6.07) is 0. The predicted octanol–water partition coefficient (Wildman–Crippen LogP) is 2.17. The molecule has 15 heavy (non-hydrogen) atoms. The fourth-order valence-corrected chi connectivity index (χ4v) is 1.98. The fourth-order valence-electron chi connectivity index (χ4n) is 1.03. The van der Waals surface area contributed by atoms with Gasteiger partial charge in [-0.15, -0.1) is 11.3 Å². The lowest BCUT2D eigenvalue weighted by Crippen LogP contribution is -2.06. The SMILES string of the molecule is CCOC(=O)CCC(O)c1ncc(Cl)s1. The molecule has 4 nitrogen and oxygen atoms in total. The van der Waals surface area contributed by atoms with Crippen LogP contribution in [0.1, 0.15) is 30.9 Å². The Labute approximate surface area is 96.9 Å². The van der Waals surface area contributed by atoms with E-state index >= 15 is 0 Å². The number of aliphatic hydroxyl groups excluding tert-OH is 1. The van der Waals surface area contributed by atoms with Crippen LogP contribution in [0, 0.1) is 0 Å². The monoisotopic (exact) mass is 249 g/mol. The van der Waals surface area contributed by atoms with Gasteiger partial charge in [-0.2, -0.15) is 0 Å². The van der Waals surface area contributed by atoms with Gasteiger partial charge in [0.25, 0.3) is 0 Å². The Morgan fingerprint density at radius 3 is 3.07 bits per heavy atom. The van der Waals surface area contributed by atoms with Gasteiger partial charge < -0.3 is 9.84 Å². The third kappa shape index (κ3) is 4.15. The number of halogens is 1. The minimum Gasteiger partial charge on any atom is -0.466 e. The highest BCUT2D eigenvalue weighted by atomic mass is 35.5. The van der Waals surface area contributed by atoms with Gasteiger partial charge in [-0.25, -0.2) is 4.98 Å². The molecular formula is C9H12ClNO3S. The number of hydrogen-bond acceptors (Lipinski definition) is 5. The highest BCUT2D eigenvalue weighted by molar-refractivity contribution is 7.15. The van der Waals surface area contributed by atoms with Gasteiger partial charge >= 0.3 is 5.97 Å². The second-order valence-electron chi connectivity index (χ2n) is 2.86. The Balaban J connectivity index is 2.36. The first kappa shape index (κ1) is 12.4. The molecule has 84 valence electrons. The molecule has 0 radical (unpaired) electrons. The lowest BCUT2D eigenvalue weighted by molar-refractivity contribution is -0.143. The lowest BCUT2D eigenvalue weighted by Gasteiger charge is -2.06. The Morgan fingerprint density at radius 1 is 1.80 bits per heavy atom. The Bertz CT molecular complexity index is 329. The highest BCUT2D eigenvalue weighted by Gasteiger charge is 2.14. The van der Waals surface area contributed by atoms with Gasteiger partial charge in [0.15, 0.2) is 0 Å². The standard InChI is InChI=1S/C9H12ClNO3S/c1-2-14-8(13)4-3-6(12)9-11-5-7(10)15-9/h5-6,12H,2-4H2,1H3. The van der Waals surface area contributed by atoms with E-state index < -0.39 is 6.10 Å². The summed E-state index contributed by atoms with van der Waals surface area (Å²) >= 11 is 6.88. The molecule has 0 aliphatic rings. The highest BCUT2D eigenvalue weighted by Crippen LogP contribution is 2.26. The van der Waals surface area contributed by atoms with Gasteiger partial charge in [-0.05, 0) is 13.3 Å². The van der Waals surface area contributed by atoms with E-state index in [0.29, 0.717) is 22.4 Å². The van der Waals surface area contributed by atoms with Crippen LogP contribution in [-0.4, -0.2) is 22.7 Å². The molecule has 1 N–H and O–H groups in total. The molecule has 6 heteroatoms. The van der Waals surface area contributed by atoms with E-state index in [-0.39, 0.29) is 12.4 Å². The summed E-state index contributed by atoms with van der Waals surface area (Å²) in [6.07, 6.45) is 1.23. The van der Waals surface area contributed by atoms with Gasteiger partial charge in [-0.3, -0.25) is 4.79 Å². The molecule has 0 aliphatic heterocycles. The van der Waals surface area contributed by atoms with E-state index in [0.717, 1.165) is 0 Å². The molecule has 0 saturated heterocycles. The van der Waals surface area contributed by atoms with Crippen LogP contribution in [0.25, 0.3) is 0 Å². The molecule has 0 aromatic carbocycles. The molecule has 1 rings (SSSR count). The van der Waals surface area contributed by atoms with E-state index in [1.165, 1.54) is 17.5 Å². The molecule has 1 aromatic rings. The largest absolute Gasteiger partial charge is 0.466 e. The molecule has 1 aromatic heterocycles. The van der Waals surface area contributed by atoms with E-state index in [9.17, 15) is 9.90 Å². The van der Waals surface area contributed by atoms with Gasteiger partial charge in [0.05, 0.1) is 12.8 Å². The summed E-state index contributed by atoms with van der Waals surface area (Å²) in [5, 5.41) is 10.2. The quantitative estimate of drug-likeness (QED) is 0.813. The zero-order valence-electron chi connectivity index (χ0n) is 8.27.